The molecule has 2 rings (SSSR count). The Hall–Kier alpha value is -1.78. The molecule has 20 heavy (non-hydrogen) atoms. The predicted molar refractivity (Wildman–Crippen MR) is 79.7 cm³/mol. The lowest BCUT2D eigenvalue weighted by molar-refractivity contribution is 0.223. The zero-order valence-electron chi connectivity index (χ0n) is 12.3. The standard InChI is InChI=1S/C16H22N2O2/c1-12-9-13(6-7-16(12)19-3)15(10-17)18(2)11-14-5-4-8-20-14/h4-9,15H,10-11,17H2,1-3H3. The molecule has 0 aliphatic heterocycles. The lowest BCUT2D eigenvalue weighted by atomic mass is 10.0. The number of methoxy groups -OCH3 is 1. The third-order valence-electron chi connectivity index (χ3n) is 3.54. The SMILES string of the molecule is COc1ccc(C(CN)N(C)Cc2ccco2)cc1C. The molecular formula is C16H22N2O2. The van der Waals surface area contributed by atoms with Crippen LogP contribution in [0.3, 0.4) is 0 Å². The van der Waals surface area contributed by atoms with E-state index in [0.29, 0.717) is 6.54 Å². The van der Waals surface area contributed by atoms with Gasteiger partial charge in [0, 0.05) is 12.6 Å². The number of ether oxygens (including phenoxy) is 1. The van der Waals surface area contributed by atoms with Crippen LogP contribution in [0.1, 0.15) is 22.9 Å². The molecule has 0 saturated carbocycles. The average Bonchev–Trinajstić information content (AvgIpc) is 2.92. The second-order valence-corrected chi connectivity index (χ2v) is 4.98. The molecule has 108 valence electrons. The van der Waals surface area contributed by atoms with Crippen LogP contribution in [0.2, 0.25) is 0 Å². The Bertz CT molecular complexity index is 537. The fourth-order valence-corrected chi connectivity index (χ4v) is 2.44. The summed E-state index contributed by atoms with van der Waals surface area (Å²) in [6, 6.07) is 10.2. The first kappa shape index (κ1) is 14.6. The van der Waals surface area contributed by atoms with Crippen LogP contribution in [0.5, 0.6) is 5.75 Å². The predicted octanol–water partition coefficient (Wildman–Crippen LogP) is 2.73. The maximum Gasteiger partial charge on any atom is 0.121 e. The van der Waals surface area contributed by atoms with E-state index in [1.165, 1.54) is 5.56 Å². The molecule has 2 N–H and O–H groups in total. The first-order chi connectivity index (χ1) is 9.65. The first-order valence-corrected chi connectivity index (χ1v) is 6.73. The highest BCUT2D eigenvalue weighted by molar-refractivity contribution is 5.37. The van der Waals surface area contributed by atoms with Gasteiger partial charge in [-0.2, -0.15) is 0 Å². The number of nitrogens with zero attached hydrogens (tertiary/aromatic N) is 1. The van der Waals surface area contributed by atoms with Crippen LogP contribution in [-0.2, 0) is 6.54 Å². The van der Waals surface area contributed by atoms with Gasteiger partial charge in [-0.1, -0.05) is 12.1 Å². The molecule has 1 atom stereocenters. The van der Waals surface area contributed by atoms with Crippen molar-refractivity contribution >= 4 is 0 Å². The van der Waals surface area contributed by atoms with Crippen LogP contribution in [0.4, 0.5) is 0 Å². The number of rotatable bonds is 6. The number of benzene rings is 1. The third-order valence-corrected chi connectivity index (χ3v) is 3.54. The minimum absolute atomic E-state index is 0.157. The van der Waals surface area contributed by atoms with E-state index in [-0.39, 0.29) is 6.04 Å². The van der Waals surface area contributed by atoms with Gasteiger partial charge >= 0.3 is 0 Å². The maximum atomic E-state index is 5.95. The van der Waals surface area contributed by atoms with Crippen molar-refractivity contribution in [3.05, 3.63) is 53.5 Å². The maximum absolute atomic E-state index is 5.95. The minimum atomic E-state index is 0.157. The summed E-state index contributed by atoms with van der Waals surface area (Å²) < 4.78 is 10.7. The van der Waals surface area contributed by atoms with Gasteiger partial charge in [-0.25, -0.2) is 0 Å². The molecule has 0 aliphatic rings. The Morgan fingerprint density at radius 1 is 1.35 bits per heavy atom. The minimum Gasteiger partial charge on any atom is -0.496 e. The summed E-state index contributed by atoms with van der Waals surface area (Å²) in [5.74, 6) is 1.84. The Morgan fingerprint density at radius 2 is 2.15 bits per heavy atom. The molecule has 0 saturated heterocycles. The van der Waals surface area contributed by atoms with Gasteiger partial charge in [0.2, 0.25) is 0 Å². The summed E-state index contributed by atoms with van der Waals surface area (Å²) in [6.07, 6.45) is 1.69. The van der Waals surface area contributed by atoms with Crippen molar-refractivity contribution < 1.29 is 9.15 Å². The highest BCUT2D eigenvalue weighted by Crippen LogP contribution is 2.25. The van der Waals surface area contributed by atoms with Gasteiger partial charge < -0.3 is 14.9 Å². The van der Waals surface area contributed by atoms with E-state index in [0.717, 1.165) is 23.6 Å². The summed E-state index contributed by atoms with van der Waals surface area (Å²) in [7, 11) is 3.74. The van der Waals surface area contributed by atoms with Gasteiger partial charge in [-0.15, -0.1) is 0 Å². The molecule has 1 unspecified atom stereocenters. The zero-order valence-corrected chi connectivity index (χ0v) is 12.3. The van der Waals surface area contributed by atoms with E-state index >= 15 is 0 Å². The third kappa shape index (κ3) is 3.21. The van der Waals surface area contributed by atoms with Gasteiger partial charge in [-0.3, -0.25) is 4.90 Å². The fraction of sp³-hybridized carbons (Fsp3) is 0.375. The number of nitrogens with two attached hydrogens (primary N) is 1. The van der Waals surface area contributed by atoms with Crippen molar-refractivity contribution in [1.82, 2.24) is 4.90 Å². The lowest BCUT2D eigenvalue weighted by Gasteiger charge is -2.27. The molecule has 0 fully saturated rings. The molecule has 1 aromatic carbocycles. The van der Waals surface area contributed by atoms with Crippen LogP contribution in [0.15, 0.2) is 41.0 Å². The fourth-order valence-electron chi connectivity index (χ4n) is 2.44. The van der Waals surface area contributed by atoms with Gasteiger partial charge in [0.25, 0.3) is 0 Å². The molecule has 0 radical (unpaired) electrons. The molecule has 0 amide bonds. The Kier molecular flexibility index (Phi) is 4.82. The number of hydrogen-bond acceptors (Lipinski definition) is 4. The van der Waals surface area contributed by atoms with Crippen molar-refractivity contribution in [2.45, 2.75) is 19.5 Å². The number of furan rings is 1. The topological polar surface area (TPSA) is 51.6 Å². The van der Waals surface area contributed by atoms with Crippen LogP contribution < -0.4 is 10.5 Å². The normalized spacial score (nSPS) is 12.7. The molecule has 1 heterocycles. The molecule has 4 heteroatoms. The lowest BCUT2D eigenvalue weighted by Crippen LogP contribution is -2.30. The van der Waals surface area contributed by atoms with Gasteiger partial charge in [0.05, 0.1) is 19.9 Å². The monoisotopic (exact) mass is 274 g/mol. The summed E-state index contributed by atoms with van der Waals surface area (Å²) in [6.45, 7) is 3.34. The number of hydrogen-bond donors (Lipinski definition) is 1. The highest BCUT2D eigenvalue weighted by atomic mass is 16.5. The molecule has 0 aliphatic carbocycles. The molecular weight excluding hydrogens is 252 g/mol. The number of likely N-dealkylation sites (N-methyl/N-ethyl adjacent to an activating group) is 1. The largest absolute Gasteiger partial charge is 0.496 e. The van der Waals surface area contributed by atoms with Crippen molar-refractivity contribution in [2.24, 2.45) is 5.73 Å². The Morgan fingerprint density at radius 3 is 2.70 bits per heavy atom. The summed E-state index contributed by atoms with van der Waals surface area (Å²) in [5.41, 5.74) is 8.27. The van der Waals surface area contributed by atoms with E-state index in [1.807, 2.05) is 25.1 Å². The van der Waals surface area contributed by atoms with Crippen LogP contribution in [-0.4, -0.2) is 25.6 Å². The first-order valence-electron chi connectivity index (χ1n) is 6.73. The summed E-state index contributed by atoms with van der Waals surface area (Å²) in [5, 5.41) is 0. The van der Waals surface area contributed by atoms with Gasteiger partial charge in [-0.05, 0) is 43.3 Å². The van der Waals surface area contributed by atoms with Gasteiger partial charge in [0.15, 0.2) is 0 Å². The second-order valence-electron chi connectivity index (χ2n) is 4.98. The van der Waals surface area contributed by atoms with E-state index in [4.69, 9.17) is 14.9 Å². The summed E-state index contributed by atoms with van der Waals surface area (Å²) >= 11 is 0. The van der Waals surface area contributed by atoms with Crippen molar-refractivity contribution in [3.8, 4) is 5.75 Å². The second kappa shape index (κ2) is 6.59. The molecule has 4 nitrogen and oxygen atoms in total. The molecule has 1 aromatic heterocycles. The van der Waals surface area contributed by atoms with Gasteiger partial charge in [0.1, 0.15) is 11.5 Å². The zero-order chi connectivity index (χ0) is 14.5. The smallest absolute Gasteiger partial charge is 0.121 e. The van der Waals surface area contributed by atoms with E-state index < -0.39 is 0 Å². The quantitative estimate of drug-likeness (QED) is 0.880. The van der Waals surface area contributed by atoms with Crippen molar-refractivity contribution in [1.29, 1.82) is 0 Å². The van der Waals surface area contributed by atoms with Crippen molar-refractivity contribution in [3.63, 3.8) is 0 Å². The van der Waals surface area contributed by atoms with Crippen LogP contribution in [0, 0.1) is 6.92 Å². The molecule has 0 bridgehead atoms. The van der Waals surface area contributed by atoms with E-state index in [2.05, 4.69) is 24.1 Å². The van der Waals surface area contributed by atoms with E-state index in [1.54, 1.807) is 13.4 Å². The average molecular weight is 274 g/mol. The Labute approximate surface area is 120 Å². The molecule has 0 spiro atoms. The summed E-state index contributed by atoms with van der Waals surface area (Å²) in [4.78, 5) is 2.19. The number of aryl methyl sites for hydroxylation is 1. The van der Waals surface area contributed by atoms with Crippen molar-refractivity contribution in [2.75, 3.05) is 20.7 Å². The van der Waals surface area contributed by atoms with E-state index in [9.17, 15) is 0 Å². The van der Waals surface area contributed by atoms with Crippen LogP contribution >= 0.6 is 0 Å². The van der Waals surface area contributed by atoms with Crippen LogP contribution in [0.25, 0.3) is 0 Å². The highest BCUT2D eigenvalue weighted by Gasteiger charge is 2.17. The Balaban J connectivity index is 2.16. The molecule has 2 aromatic rings.